The first-order valence-electron chi connectivity index (χ1n) is 10.6. The largest absolute Gasteiger partial charge is 0.322 e. The number of nitrogens with zero attached hydrogens (tertiary/aromatic N) is 4. The van der Waals surface area contributed by atoms with Crippen molar-refractivity contribution in [3.05, 3.63) is 67.6 Å². The van der Waals surface area contributed by atoms with Crippen LogP contribution in [-0.2, 0) is 7.05 Å². The quantitative estimate of drug-likeness (QED) is 0.528. The van der Waals surface area contributed by atoms with E-state index in [1.54, 1.807) is 52.9 Å². The molecule has 2 atom stereocenters. The van der Waals surface area contributed by atoms with Crippen LogP contribution in [0.15, 0.2) is 41.2 Å². The fourth-order valence-electron chi connectivity index (χ4n) is 4.21. The summed E-state index contributed by atoms with van der Waals surface area (Å²) >= 11 is 18.1. The Labute approximate surface area is 206 Å². The van der Waals surface area contributed by atoms with Gasteiger partial charge in [-0.1, -0.05) is 34.8 Å². The average molecular weight is 509 g/mol. The summed E-state index contributed by atoms with van der Waals surface area (Å²) in [5, 5.41) is 4.78. The topological polar surface area (TPSA) is 70.5 Å². The summed E-state index contributed by atoms with van der Waals surface area (Å²) < 4.78 is 1.59. The van der Waals surface area contributed by atoms with Crippen molar-refractivity contribution in [3.8, 4) is 0 Å². The van der Waals surface area contributed by atoms with Gasteiger partial charge in [-0.2, -0.15) is 0 Å². The second kappa shape index (κ2) is 9.50. The Bertz CT molecular complexity index is 1280. The number of benzene rings is 2. The van der Waals surface area contributed by atoms with E-state index < -0.39 is 0 Å². The molecule has 7 nitrogen and oxygen atoms in total. The highest BCUT2D eigenvalue weighted by Gasteiger charge is 2.31. The normalized spacial score (nSPS) is 17.9. The van der Waals surface area contributed by atoms with E-state index in [9.17, 15) is 9.59 Å². The number of carbonyl (C=O) groups excluding carboxylic acids is 1. The van der Waals surface area contributed by atoms with Crippen LogP contribution in [0.4, 0.5) is 10.5 Å². The Balaban J connectivity index is 1.49. The van der Waals surface area contributed by atoms with Gasteiger partial charge in [-0.3, -0.25) is 14.3 Å². The number of nitrogens with one attached hydrogen (secondary N) is 1. The monoisotopic (exact) mass is 507 g/mol. The van der Waals surface area contributed by atoms with Gasteiger partial charge in [-0.05, 0) is 50.2 Å². The molecule has 174 valence electrons. The van der Waals surface area contributed by atoms with E-state index in [1.165, 1.54) is 0 Å². The van der Waals surface area contributed by atoms with Gasteiger partial charge < -0.3 is 10.2 Å². The zero-order valence-corrected chi connectivity index (χ0v) is 20.7. The summed E-state index contributed by atoms with van der Waals surface area (Å²) in [6.07, 6.45) is 0. The van der Waals surface area contributed by atoms with Gasteiger partial charge in [0.25, 0.3) is 5.56 Å². The molecule has 1 saturated heterocycles. The van der Waals surface area contributed by atoms with E-state index in [0.717, 1.165) is 0 Å². The van der Waals surface area contributed by atoms with Gasteiger partial charge in [0.15, 0.2) is 0 Å². The smallest absolute Gasteiger partial charge is 0.319 e. The molecule has 1 aliphatic rings. The number of rotatable bonds is 3. The van der Waals surface area contributed by atoms with Gasteiger partial charge in [0.05, 0.1) is 27.0 Å². The van der Waals surface area contributed by atoms with Crippen LogP contribution in [0.1, 0.15) is 25.7 Å². The summed E-state index contributed by atoms with van der Waals surface area (Å²) in [5.41, 5.74) is 1.07. The summed E-state index contributed by atoms with van der Waals surface area (Å²) in [6, 6.07) is 9.74. The van der Waals surface area contributed by atoms with Crippen LogP contribution < -0.4 is 10.9 Å². The summed E-state index contributed by atoms with van der Waals surface area (Å²) in [7, 11) is 1.74. The number of urea groups is 1. The van der Waals surface area contributed by atoms with Crippen molar-refractivity contribution in [1.29, 1.82) is 0 Å². The maximum absolute atomic E-state index is 12.9. The number of anilines is 1. The number of piperazine rings is 1. The number of amides is 2. The molecule has 0 bridgehead atoms. The predicted octanol–water partition coefficient (Wildman–Crippen LogP) is 5.19. The van der Waals surface area contributed by atoms with Crippen molar-refractivity contribution in [1.82, 2.24) is 19.4 Å². The minimum Gasteiger partial charge on any atom is -0.319 e. The minimum atomic E-state index is -0.195. The first kappa shape index (κ1) is 23.8. The molecule has 1 N–H and O–H groups in total. The predicted molar refractivity (Wildman–Crippen MR) is 134 cm³/mol. The Kier molecular flexibility index (Phi) is 6.86. The van der Waals surface area contributed by atoms with Crippen LogP contribution in [-0.4, -0.2) is 51.1 Å². The Morgan fingerprint density at radius 1 is 1.12 bits per heavy atom. The van der Waals surface area contributed by atoms with Crippen molar-refractivity contribution in [2.45, 2.75) is 25.9 Å². The number of aromatic nitrogens is 2. The molecule has 2 aromatic carbocycles. The lowest BCUT2D eigenvalue weighted by atomic mass is 10.1. The summed E-state index contributed by atoms with van der Waals surface area (Å²) in [4.78, 5) is 34.5. The molecule has 1 aliphatic heterocycles. The number of fused-ring (bicyclic) bond motifs is 1. The molecule has 33 heavy (non-hydrogen) atoms. The van der Waals surface area contributed by atoms with Crippen LogP contribution in [0.25, 0.3) is 10.9 Å². The lowest BCUT2D eigenvalue weighted by Crippen LogP contribution is -2.55. The van der Waals surface area contributed by atoms with Crippen LogP contribution in [0.2, 0.25) is 15.1 Å². The fraction of sp³-hybridized carbons (Fsp3) is 0.348. The summed E-state index contributed by atoms with van der Waals surface area (Å²) in [5.74, 6) is 0.663. The van der Waals surface area contributed by atoms with E-state index in [4.69, 9.17) is 39.8 Å². The Morgan fingerprint density at radius 2 is 1.88 bits per heavy atom. The van der Waals surface area contributed by atoms with Crippen LogP contribution in [0.3, 0.4) is 0 Å². The maximum Gasteiger partial charge on any atom is 0.322 e. The zero-order chi connectivity index (χ0) is 23.9. The second-order valence-corrected chi connectivity index (χ2v) is 9.52. The summed E-state index contributed by atoms with van der Waals surface area (Å²) in [6.45, 7) is 5.84. The lowest BCUT2D eigenvalue weighted by Gasteiger charge is -2.42. The molecule has 1 fully saturated rings. The van der Waals surface area contributed by atoms with E-state index in [2.05, 4.69) is 10.2 Å². The van der Waals surface area contributed by atoms with Crippen LogP contribution in [0.5, 0.6) is 0 Å². The van der Waals surface area contributed by atoms with Gasteiger partial charge in [-0.15, -0.1) is 0 Å². The highest BCUT2D eigenvalue weighted by atomic mass is 35.5. The first-order chi connectivity index (χ1) is 15.7. The molecular weight excluding hydrogens is 485 g/mol. The van der Waals surface area contributed by atoms with Gasteiger partial charge in [0.2, 0.25) is 0 Å². The second-order valence-electron chi connectivity index (χ2n) is 8.27. The van der Waals surface area contributed by atoms with Gasteiger partial charge in [-0.25, -0.2) is 9.78 Å². The Morgan fingerprint density at radius 3 is 2.58 bits per heavy atom. The first-order valence-corrected chi connectivity index (χ1v) is 11.7. The molecule has 0 aliphatic carbocycles. The molecule has 0 saturated carbocycles. The van der Waals surface area contributed by atoms with Crippen LogP contribution in [0, 0.1) is 0 Å². The van der Waals surface area contributed by atoms with E-state index in [-0.39, 0.29) is 23.7 Å². The van der Waals surface area contributed by atoms with Crippen LogP contribution >= 0.6 is 34.8 Å². The Hall–Kier alpha value is -2.32. The fourth-order valence-corrected chi connectivity index (χ4v) is 4.67. The molecule has 3 aromatic rings. The van der Waals surface area contributed by atoms with Gasteiger partial charge in [0.1, 0.15) is 5.82 Å². The third kappa shape index (κ3) is 4.82. The third-order valence-electron chi connectivity index (χ3n) is 6.09. The van der Waals surface area contributed by atoms with Crippen molar-refractivity contribution in [2.24, 2.45) is 7.05 Å². The molecular formula is C23H24Cl3N5O2. The third-order valence-corrected chi connectivity index (χ3v) is 7.06. The van der Waals surface area contributed by atoms with Gasteiger partial charge in [0, 0.05) is 43.4 Å². The molecule has 2 heterocycles. The number of halogens is 3. The SMILES string of the molecule is CC(c1nc2cc(Cl)ccc2c(=O)n1C)N1CCN(C(=O)Nc2ccc(Cl)c(Cl)c2)C(C)C1. The van der Waals surface area contributed by atoms with E-state index >= 15 is 0 Å². The molecule has 2 amide bonds. The standard InChI is InChI=1S/C23H24Cl3N5O2/c1-13-12-30(8-9-31(13)23(33)27-16-5-7-18(25)19(26)11-16)14(2)21-28-20-10-15(24)4-6-17(20)22(32)29(21)3/h4-7,10-11,13-14H,8-9,12H2,1-3H3,(H,27,33). The number of carbonyl (C=O) groups is 1. The highest BCUT2D eigenvalue weighted by molar-refractivity contribution is 6.42. The number of hydrogen-bond donors (Lipinski definition) is 1. The van der Waals surface area contributed by atoms with Gasteiger partial charge >= 0.3 is 6.03 Å². The van der Waals surface area contributed by atoms with Crippen molar-refractivity contribution in [2.75, 3.05) is 25.0 Å². The molecule has 10 heteroatoms. The number of hydrogen-bond acceptors (Lipinski definition) is 4. The van der Waals surface area contributed by atoms with Crippen molar-refractivity contribution in [3.63, 3.8) is 0 Å². The van der Waals surface area contributed by atoms with Crippen molar-refractivity contribution < 1.29 is 4.79 Å². The van der Waals surface area contributed by atoms with E-state index in [0.29, 0.717) is 57.1 Å². The zero-order valence-electron chi connectivity index (χ0n) is 18.5. The molecule has 1 aromatic heterocycles. The molecule has 2 unspecified atom stereocenters. The van der Waals surface area contributed by atoms with Crippen molar-refractivity contribution >= 4 is 57.4 Å². The average Bonchev–Trinajstić information content (AvgIpc) is 2.78. The van der Waals surface area contributed by atoms with E-state index in [1.807, 2.05) is 13.8 Å². The minimum absolute atomic E-state index is 0.0455. The highest BCUT2D eigenvalue weighted by Crippen LogP contribution is 2.27. The maximum atomic E-state index is 12.9. The molecule has 0 spiro atoms. The molecule has 0 radical (unpaired) electrons. The molecule has 4 rings (SSSR count). The lowest BCUT2D eigenvalue weighted by molar-refractivity contribution is 0.0796.